The molecule has 0 aromatic carbocycles. The number of nitrogens with zero attached hydrogens (tertiary/aromatic N) is 4. The zero-order valence-corrected chi connectivity index (χ0v) is 15.7. The molecule has 2 aromatic rings. The van der Waals surface area contributed by atoms with Crippen molar-refractivity contribution in [2.75, 3.05) is 6.61 Å². The highest BCUT2D eigenvalue weighted by Gasteiger charge is 2.42. The van der Waals surface area contributed by atoms with Gasteiger partial charge in [0.2, 0.25) is 0 Å². The molecule has 1 aliphatic heterocycles. The van der Waals surface area contributed by atoms with Gasteiger partial charge in [-0.25, -0.2) is 9.48 Å². The molecule has 152 valence electrons. The fourth-order valence-corrected chi connectivity index (χ4v) is 4.32. The number of aromatic nitrogens is 5. The van der Waals surface area contributed by atoms with E-state index in [1.54, 1.807) is 17.8 Å². The first-order chi connectivity index (χ1) is 13.4. The van der Waals surface area contributed by atoms with Crippen LogP contribution in [0.4, 0.5) is 0 Å². The van der Waals surface area contributed by atoms with Gasteiger partial charge in [-0.2, -0.15) is 0 Å². The summed E-state index contributed by atoms with van der Waals surface area (Å²) < 4.78 is 8.86. The zero-order chi connectivity index (χ0) is 19.9. The molecule has 2 aliphatic rings. The number of aromatic amines is 1. The summed E-state index contributed by atoms with van der Waals surface area (Å²) in [7, 11) is 0. The number of aliphatic hydroxyl groups excluding tert-OH is 1. The van der Waals surface area contributed by atoms with Crippen molar-refractivity contribution in [1.82, 2.24) is 24.5 Å². The Morgan fingerprint density at radius 3 is 2.79 bits per heavy atom. The normalized spacial score (nSPS) is 27.2. The van der Waals surface area contributed by atoms with E-state index in [0.29, 0.717) is 30.5 Å². The first-order valence-corrected chi connectivity index (χ1v) is 9.64. The van der Waals surface area contributed by atoms with Crippen LogP contribution in [0.3, 0.4) is 0 Å². The van der Waals surface area contributed by atoms with E-state index in [-0.39, 0.29) is 6.61 Å². The van der Waals surface area contributed by atoms with E-state index < -0.39 is 35.2 Å². The number of hydrogen-bond acceptors (Lipinski definition) is 7. The van der Waals surface area contributed by atoms with Gasteiger partial charge in [0.1, 0.15) is 17.9 Å². The van der Waals surface area contributed by atoms with Crippen LogP contribution in [0.2, 0.25) is 0 Å². The van der Waals surface area contributed by atoms with Gasteiger partial charge in [0.25, 0.3) is 5.56 Å². The maximum Gasteiger partial charge on any atom is 0.330 e. The minimum atomic E-state index is -0.995. The van der Waals surface area contributed by atoms with Crippen LogP contribution in [0.1, 0.15) is 62.1 Å². The van der Waals surface area contributed by atoms with Crippen molar-refractivity contribution in [1.29, 1.82) is 0 Å². The standard InChI is InChI=1S/C18H25N5O5/c1-11-9-22(17(26)20-16(11)25)15-7-12(13(10-24)28-15)23-14(8-19-21-23)18(27)5-3-2-4-6-18/h8-9,12-13,15,24,27H,2-7,10H2,1H3,(H,20,25,26)/t12-,13+,15+/m0/s1. The summed E-state index contributed by atoms with van der Waals surface area (Å²) in [5.74, 6) is 0. The van der Waals surface area contributed by atoms with Gasteiger partial charge in [0.05, 0.1) is 24.5 Å². The SMILES string of the molecule is Cc1cn([C@H]2C[C@H](n3nncc3C3(O)CCCCC3)[C@@H](CO)O2)c(=O)[nH]c1=O. The first-order valence-electron chi connectivity index (χ1n) is 9.64. The molecule has 0 spiro atoms. The van der Waals surface area contributed by atoms with Crippen LogP contribution in [0.5, 0.6) is 0 Å². The quantitative estimate of drug-likeness (QED) is 0.673. The Labute approximate surface area is 160 Å². The van der Waals surface area contributed by atoms with Gasteiger partial charge < -0.3 is 14.9 Å². The van der Waals surface area contributed by atoms with Crippen LogP contribution in [-0.2, 0) is 10.3 Å². The lowest BCUT2D eigenvalue weighted by Crippen LogP contribution is -2.35. The maximum atomic E-state index is 12.2. The largest absolute Gasteiger partial charge is 0.394 e. The predicted octanol–water partition coefficient (Wildman–Crippen LogP) is 0.109. The van der Waals surface area contributed by atoms with E-state index in [0.717, 1.165) is 19.3 Å². The average Bonchev–Trinajstić information content (AvgIpc) is 3.32. The number of ether oxygens (including phenoxy) is 1. The molecule has 0 radical (unpaired) electrons. The summed E-state index contributed by atoms with van der Waals surface area (Å²) in [5, 5.41) is 29.1. The highest BCUT2D eigenvalue weighted by atomic mass is 16.5. The molecule has 0 bridgehead atoms. The third-order valence-corrected chi connectivity index (χ3v) is 5.89. The fourth-order valence-electron chi connectivity index (χ4n) is 4.32. The molecule has 3 heterocycles. The summed E-state index contributed by atoms with van der Waals surface area (Å²) >= 11 is 0. The van der Waals surface area contributed by atoms with Crippen molar-refractivity contribution in [3.8, 4) is 0 Å². The molecular formula is C18H25N5O5. The fraction of sp³-hybridized carbons (Fsp3) is 0.667. The summed E-state index contributed by atoms with van der Waals surface area (Å²) in [6.45, 7) is 1.34. The van der Waals surface area contributed by atoms with Crippen LogP contribution >= 0.6 is 0 Å². The van der Waals surface area contributed by atoms with Crippen LogP contribution in [0.25, 0.3) is 0 Å². The molecule has 28 heavy (non-hydrogen) atoms. The molecule has 2 aromatic heterocycles. The van der Waals surface area contributed by atoms with Crippen molar-refractivity contribution in [2.24, 2.45) is 0 Å². The molecule has 4 rings (SSSR count). The number of H-pyrrole nitrogens is 1. The van der Waals surface area contributed by atoms with E-state index in [9.17, 15) is 19.8 Å². The maximum absolute atomic E-state index is 12.2. The first kappa shape index (κ1) is 19.0. The zero-order valence-electron chi connectivity index (χ0n) is 15.7. The van der Waals surface area contributed by atoms with Gasteiger partial charge in [-0.1, -0.05) is 24.5 Å². The van der Waals surface area contributed by atoms with Crippen molar-refractivity contribution in [3.05, 3.63) is 44.5 Å². The summed E-state index contributed by atoms with van der Waals surface area (Å²) in [5.41, 5.74) is -0.990. The molecule has 2 fully saturated rings. The number of rotatable bonds is 4. The highest BCUT2D eigenvalue weighted by Crippen LogP contribution is 2.41. The molecule has 3 N–H and O–H groups in total. The van der Waals surface area contributed by atoms with Crippen molar-refractivity contribution in [2.45, 2.75) is 69.4 Å². The van der Waals surface area contributed by atoms with E-state index >= 15 is 0 Å². The van der Waals surface area contributed by atoms with Gasteiger partial charge in [0.15, 0.2) is 0 Å². The summed E-state index contributed by atoms with van der Waals surface area (Å²) in [6.07, 6.45) is 6.33. The molecule has 1 aliphatic carbocycles. The molecule has 0 amide bonds. The number of hydrogen-bond donors (Lipinski definition) is 3. The van der Waals surface area contributed by atoms with Crippen molar-refractivity contribution >= 4 is 0 Å². The van der Waals surface area contributed by atoms with Gasteiger partial charge in [-0.05, 0) is 19.8 Å². The van der Waals surface area contributed by atoms with Gasteiger partial charge in [0, 0.05) is 18.2 Å². The van der Waals surface area contributed by atoms with Gasteiger partial charge in [-0.3, -0.25) is 14.3 Å². The Bertz CT molecular complexity index is 958. The van der Waals surface area contributed by atoms with Crippen LogP contribution in [-0.4, -0.2) is 47.5 Å². The van der Waals surface area contributed by atoms with Crippen LogP contribution < -0.4 is 11.2 Å². The topological polar surface area (TPSA) is 135 Å². The second-order valence-electron chi connectivity index (χ2n) is 7.75. The lowest BCUT2D eigenvalue weighted by atomic mass is 9.82. The Morgan fingerprint density at radius 2 is 2.07 bits per heavy atom. The predicted molar refractivity (Wildman–Crippen MR) is 97.7 cm³/mol. The minimum absolute atomic E-state index is 0.268. The Morgan fingerprint density at radius 1 is 1.32 bits per heavy atom. The molecule has 1 saturated heterocycles. The Kier molecular flexibility index (Phi) is 4.94. The molecule has 3 atom stereocenters. The van der Waals surface area contributed by atoms with E-state index in [1.165, 1.54) is 10.8 Å². The average molecular weight is 391 g/mol. The number of aryl methyl sites for hydroxylation is 1. The smallest absolute Gasteiger partial charge is 0.330 e. The number of aliphatic hydroxyl groups is 2. The molecule has 0 unspecified atom stereocenters. The number of nitrogens with one attached hydrogen (secondary N) is 1. The lowest BCUT2D eigenvalue weighted by Gasteiger charge is -2.33. The molecule has 1 saturated carbocycles. The van der Waals surface area contributed by atoms with Gasteiger partial charge in [-0.15, -0.1) is 5.10 Å². The van der Waals surface area contributed by atoms with Crippen LogP contribution in [0, 0.1) is 6.92 Å². The van der Waals surface area contributed by atoms with Crippen LogP contribution in [0.15, 0.2) is 22.0 Å². The van der Waals surface area contributed by atoms with E-state index in [1.807, 2.05) is 0 Å². The van der Waals surface area contributed by atoms with E-state index in [2.05, 4.69) is 15.3 Å². The Balaban J connectivity index is 1.67. The summed E-state index contributed by atoms with van der Waals surface area (Å²) in [6, 6.07) is -0.391. The van der Waals surface area contributed by atoms with E-state index in [4.69, 9.17) is 4.74 Å². The molecule has 10 heteroatoms. The summed E-state index contributed by atoms with van der Waals surface area (Å²) in [4.78, 5) is 26.1. The third-order valence-electron chi connectivity index (χ3n) is 5.89. The van der Waals surface area contributed by atoms with Gasteiger partial charge >= 0.3 is 5.69 Å². The monoisotopic (exact) mass is 391 g/mol. The minimum Gasteiger partial charge on any atom is -0.394 e. The molecule has 10 nitrogen and oxygen atoms in total. The second kappa shape index (κ2) is 7.26. The second-order valence-corrected chi connectivity index (χ2v) is 7.75. The Hall–Kier alpha value is -2.30. The molecular weight excluding hydrogens is 366 g/mol. The third kappa shape index (κ3) is 3.21. The van der Waals surface area contributed by atoms with Crippen molar-refractivity contribution < 1.29 is 14.9 Å². The van der Waals surface area contributed by atoms with Crippen molar-refractivity contribution in [3.63, 3.8) is 0 Å². The lowest BCUT2D eigenvalue weighted by molar-refractivity contribution is -0.0367. The highest BCUT2D eigenvalue weighted by molar-refractivity contribution is 5.11.